The molecule has 17 heavy (non-hydrogen) atoms. The molecular weight excluding hydrogens is 240 g/mol. The summed E-state index contributed by atoms with van der Waals surface area (Å²) in [5.74, 6) is -0.756. The molecule has 0 fully saturated rings. The number of esters is 1. The van der Waals surface area contributed by atoms with Gasteiger partial charge in [0.2, 0.25) is 0 Å². The summed E-state index contributed by atoms with van der Waals surface area (Å²) >= 11 is 1.31. The van der Waals surface area contributed by atoms with Crippen LogP contribution in [0.15, 0.2) is 5.51 Å². The molecule has 0 N–H and O–H groups in total. The maximum Gasteiger partial charge on any atom is 0.310 e. The Labute approximate surface area is 104 Å². The fraction of sp³-hybridized carbons (Fsp3) is 0.545. The van der Waals surface area contributed by atoms with Gasteiger partial charge in [0.15, 0.2) is 0 Å². The van der Waals surface area contributed by atoms with E-state index in [0.717, 1.165) is 5.69 Å². The predicted molar refractivity (Wildman–Crippen MR) is 65.0 cm³/mol. The summed E-state index contributed by atoms with van der Waals surface area (Å²) in [5.41, 5.74) is 2.36. The van der Waals surface area contributed by atoms with Gasteiger partial charge in [0.25, 0.3) is 5.91 Å². The number of methoxy groups -OCH3 is 1. The molecule has 1 unspecified atom stereocenters. The number of rotatable bonds is 4. The molecule has 5 nitrogen and oxygen atoms in total. The van der Waals surface area contributed by atoms with Gasteiger partial charge in [-0.05, 0) is 6.92 Å². The second kappa shape index (κ2) is 5.77. The van der Waals surface area contributed by atoms with E-state index < -0.39 is 0 Å². The highest BCUT2D eigenvalue weighted by Crippen LogP contribution is 2.15. The Balaban J connectivity index is 2.65. The number of hydrogen-bond donors (Lipinski definition) is 0. The Hall–Kier alpha value is -1.43. The van der Waals surface area contributed by atoms with E-state index in [-0.39, 0.29) is 17.8 Å². The molecule has 0 saturated carbocycles. The molecule has 94 valence electrons. The molecule has 1 heterocycles. The zero-order valence-corrected chi connectivity index (χ0v) is 11.2. The molecule has 0 radical (unpaired) electrons. The van der Waals surface area contributed by atoms with E-state index in [9.17, 15) is 9.59 Å². The number of thiazole rings is 1. The maximum atomic E-state index is 12.0. The van der Waals surface area contributed by atoms with Crippen LogP contribution in [0.3, 0.4) is 0 Å². The van der Waals surface area contributed by atoms with Crippen molar-refractivity contribution in [2.45, 2.75) is 13.8 Å². The van der Waals surface area contributed by atoms with Gasteiger partial charge in [0, 0.05) is 13.6 Å². The lowest BCUT2D eigenvalue weighted by Crippen LogP contribution is -2.34. The van der Waals surface area contributed by atoms with Crippen molar-refractivity contribution in [1.29, 1.82) is 0 Å². The number of carbonyl (C=O) groups excluding carboxylic acids is 2. The van der Waals surface area contributed by atoms with Gasteiger partial charge < -0.3 is 9.64 Å². The van der Waals surface area contributed by atoms with Gasteiger partial charge in [-0.15, -0.1) is 11.3 Å². The molecule has 1 rings (SSSR count). The summed E-state index contributed by atoms with van der Waals surface area (Å²) in [7, 11) is 3.01. The van der Waals surface area contributed by atoms with Gasteiger partial charge in [-0.1, -0.05) is 6.92 Å². The number of nitrogens with zero attached hydrogens (tertiary/aromatic N) is 2. The summed E-state index contributed by atoms with van der Waals surface area (Å²) in [6.45, 7) is 3.86. The normalized spacial score (nSPS) is 12.0. The third-order valence-corrected chi connectivity index (χ3v) is 3.35. The largest absolute Gasteiger partial charge is 0.469 e. The number of aryl methyl sites for hydroxylation is 1. The van der Waals surface area contributed by atoms with Crippen LogP contribution in [0.5, 0.6) is 0 Å². The number of aromatic nitrogens is 1. The summed E-state index contributed by atoms with van der Waals surface area (Å²) in [6, 6.07) is 0. The van der Waals surface area contributed by atoms with Crippen molar-refractivity contribution in [3.8, 4) is 0 Å². The fourth-order valence-corrected chi connectivity index (χ4v) is 2.25. The number of hydrogen-bond acceptors (Lipinski definition) is 5. The zero-order valence-electron chi connectivity index (χ0n) is 10.4. The number of ether oxygens (including phenoxy) is 1. The second-order valence-electron chi connectivity index (χ2n) is 3.88. The molecule has 1 atom stereocenters. The SMILES string of the molecule is COC(=O)C(C)CN(C)C(=O)c1scnc1C. The van der Waals surface area contributed by atoms with Gasteiger partial charge in [0.1, 0.15) is 4.88 Å². The molecule has 1 aromatic heterocycles. The fourth-order valence-electron chi connectivity index (χ4n) is 1.45. The predicted octanol–water partition coefficient (Wildman–Crippen LogP) is 1.33. The van der Waals surface area contributed by atoms with Crippen LogP contribution < -0.4 is 0 Å². The van der Waals surface area contributed by atoms with Crippen LogP contribution >= 0.6 is 11.3 Å². The average Bonchev–Trinajstić information content (AvgIpc) is 2.73. The van der Waals surface area contributed by atoms with Crippen LogP contribution in [0.1, 0.15) is 22.3 Å². The minimum Gasteiger partial charge on any atom is -0.469 e. The topological polar surface area (TPSA) is 59.5 Å². The van der Waals surface area contributed by atoms with E-state index in [0.29, 0.717) is 11.4 Å². The van der Waals surface area contributed by atoms with E-state index in [1.807, 2.05) is 0 Å². The van der Waals surface area contributed by atoms with E-state index in [2.05, 4.69) is 9.72 Å². The molecule has 0 saturated heterocycles. The smallest absolute Gasteiger partial charge is 0.310 e. The van der Waals surface area contributed by atoms with E-state index in [1.54, 1.807) is 26.4 Å². The molecule has 0 spiro atoms. The lowest BCUT2D eigenvalue weighted by Gasteiger charge is -2.19. The first-order valence-electron chi connectivity index (χ1n) is 5.20. The third kappa shape index (κ3) is 3.26. The Bertz CT molecular complexity index is 417. The van der Waals surface area contributed by atoms with Crippen molar-refractivity contribution in [2.75, 3.05) is 20.7 Å². The molecule has 0 aliphatic heterocycles. The lowest BCUT2D eigenvalue weighted by atomic mass is 10.1. The Morgan fingerprint density at radius 2 is 2.24 bits per heavy atom. The molecule has 0 aliphatic carbocycles. The number of amides is 1. The van der Waals surface area contributed by atoms with Gasteiger partial charge >= 0.3 is 5.97 Å². The highest BCUT2D eigenvalue weighted by atomic mass is 32.1. The Morgan fingerprint density at radius 3 is 2.71 bits per heavy atom. The van der Waals surface area contributed by atoms with Crippen molar-refractivity contribution in [3.63, 3.8) is 0 Å². The highest BCUT2D eigenvalue weighted by molar-refractivity contribution is 7.11. The van der Waals surface area contributed by atoms with Crippen molar-refractivity contribution < 1.29 is 14.3 Å². The summed E-state index contributed by atoms with van der Waals surface area (Å²) < 4.78 is 4.62. The van der Waals surface area contributed by atoms with Crippen LogP contribution in [0.25, 0.3) is 0 Å². The Morgan fingerprint density at radius 1 is 1.59 bits per heavy atom. The monoisotopic (exact) mass is 256 g/mol. The van der Waals surface area contributed by atoms with Crippen LogP contribution in [0, 0.1) is 12.8 Å². The highest BCUT2D eigenvalue weighted by Gasteiger charge is 2.21. The standard InChI is InChI=1S/C11H16N2O3S/c1-7(11(15)16-4)5-13(3)10(14)9-8(2)12-6-17-9/h6-7H,5H2,1-4H3. The van der Waals surface area contributed by atoms with Crippen LogP contribution in [0.2, 0.25) is 0 Å². The quantitative estimate of drug-likeness (QED) is 0.763. The van der Waals surface area contributed by atoms with E-state index in [1.165, 1.54) is 23.3 Å². The first kappa shape index (κ1) is 13.6. The lowest BCUT2D eigenvalue weighted by molar-refractivity contribution is -0.145. The summed E-state index contributed by atoms with van der Waals surface area (Å²) in [4.78, 5) is 29.4. The zero-order chi connectivity index (χ0) is 13.0. The van der Waals surface area contributed by atoms with Crippen molar-refractivity contribution in [3.05, 3.63) is 16.1 Å². The first-order chi connectivity index (χ1) is 7.97. The van der Waals surface area contributed by atoms with Gasteiger partial charge in [-0.25, -0.2) is 4.98 Å². The Kier molecular flexibility index (Phi) is 4.62. The van der Waals surface area contributed by atoms with Crippen molar-refractivity contribution >= 4 is 23.2 Å². The van der Waals surface area contributed by atoms with Crippen LogP contribution in [0.4, 0.5) is 0 Å². The summed E-state index contributed by atoms with van der Waals surface area (Å²) in [5, 5.41) is 0. The van der Waals surface area contributed by atoms with Crippen LogP contribution in [-0.4, -0.2) is 42.5 Å². The first-order valence-corrected chi connectivity index (χ1v) is 6.08. The second-order valence-corrected chi connectivity index (χ2v) is 4.73. The van der Waals surface area contributed by atoms with Crippen LogP contribution in [-0.2, 0) is 9.53 Å². The third-order valence-electron chi connectivity index (χ3n) is 2.44. The molecule has 0 bridgehead atoms. The van der Waals surface area contributed by atoms with Gasteiger partial charge in [0.05, 0.1) is 24.2 Å². The van der Waals surface area contributed by atoms with Gasteiger partial charge in [-0.2, -0.15) is 0 Å². The van der Waals surface area contributed by atoms with Crippen molar-refractivity contribution in [1.82, 2.24) is 9.88 Å². The molecular formula is C11H16N2O3S. The number of carbonyl (C=O) groups is 2. The molecule has 1 amide bonds. The summed E-state index contributed by atoms with van der Waals surface area (Å²) in [6.07, 6.45) is 0. The molecule has 0 aromatic carbocycles. The molecule has 0 aliphatic rings. The minimum absolute atomic E-state index is 0.110. The van der Waals surface area contributed by atoms with Gasteiger partial charge in [-0.3, -0.25) is 9.59 Å². The van der Waals surface area contributed by atoms with E-state index in [4.69, 9.17) is 0 Å². The average molecular weight is 256 g/mol. The van der Waals surface area contributed by atoms with Crippen molar-refractivity contribution in [2.24, 2.45) is 5.92 Å². The van der Waals surface area contributed by atoms with E-state index >= 15 is 0 Å². The molecule has 1 aromatic rings. The maximum absolute atomic E-state index is 12.0. The molecule has 6 heteroatoms. The minimum atomic E-state index is -0.331.